The third-order valence-electron chi connectivity index (χ3n) is 3.71. The van der Waals surface area contributed by atoms with Crippen LogP contribution in [0.2, 0.25) is 0 Å². The highest BCUT2D eigenvalue weighted by atomic mass is 16.3. The molecule has 0 spiro atoms. The molecule has 0 aromatic carbocycles. The standard InChI is InChI=1S/C15H27N4O6/c1-4-8(2)12(16)14(24)19-13(9(3)22)15(25)17-5-11(23)18-10(6-20)7-21/h8-10,12-13,20,22H,4-6,16H2,1-3H3,(H,17,25)(H,18,23)(H,19,24)/t8-,9-,10-,12-,13-/m0/s1. The zero-order valence-electron chi connectivity index (χ0n) is 14.6. The topological polar surface area (TPSA) is 171 Å². The minimum atomic E-state index is -1.29. The van der Waals surface area contributed by atoms with Crippen LogP contribution in [-0.4, -0.2) is 71.6 Å². The van der Waals surface area contributed by atoms with Gasteiger partial charge in [0.25, 0.3) is 0 Å². The lowest BCUT2D eigenvalue weighted by Crippen LogP contribution is -2.57. The van der Waals surface area contributed by atoms with Gasteiger partial charge in [-0.25, -0.2) is 0 Å². The van der Waals surface area contributed by atoms with Crippen molar-refractivity contribution in [3.63, 3.8) is 0 Å². The van der Waals surface area contributed by atoms with E-state index in [0.29, 0.717) is 6.42 Å². The summed E-state index contributed by atoms with van der Waals surface area (Å²) in [5.41, 5.74) is 5.78. The van der Waals surface area contributed by atoms with Crippen LogP contribution in [0.25, 0.3) is 0 Å². The van der Waals surface area contributed by atoms with Crippen LogP contribution in [0, 0.1) is 5.92 Å². The fourth-order valence-corrected chi connectivity index (χ4v) is 1.80. The molecular weight excluding hydrogens is 332 g/mol. The molecule has 0 saturated carbocycles. The maximum absolute atomic E-state index is 12.1. The summed E-state index contributed by atoms with van der Waals surface area (Å²) in [4.78, 5) is 46.1. The molecule has 25 heavy (non-hydrogen) atoms. The lowest BCUT2D eigenvalue weighted by molar-refractivity contribution is -0.133. The van der Waals surface area contributed by atoms with Crippen LogP contribution in [0.15, 0.2) is 0 Å². The van der Waals surface area contributed by atoms with E-state index >= 15 is 0 Å². The maximum atomic E-state index is 12.1. The summed E-state index contributed by atoms with van der Waals surface area (Å²) in [7, 11) is 0. The Bertz CT molecular complexity index is 471. The molecule has 0 saturated heterocycles. The first-order valence-corrected chi connectivity index (χ1v) is 7.97. The number of carbonyl (C=O) groups excluding carboxylic acids is 4. The van der Waals surface area contributed by atoms with Crippen molar-refractivity contribution in [1.82, 2.24) is 16.0 Å². The Morgan fingerprint density at radius 2 is 1.76 bits per heavy atom. The molecule has 3 amide bonds. The first-order chi connectivity index (χ1) is 11.7. The van der Waals surface area contributed by atoms with Gasteiger partial charge in [0, 0.05) is 0 Å². The van der Waals surface area contributed by atoms with Gasteiger partial charge in [-0.05, 0) is 12.8 Å². The van der Waals surface area contributed by atoms with Crippen molar-refractivity contribution in [2.75, 3.05) is 13.2 Å². The molecule has 7 N–H and O–H groups in total. The van der Waals surface area contributed by atoms with Crippen molar-refractivity contribution in [2.24, 2.45) is 11.7 Å². The first kappa shape index (κ1) is 23.0. The largest absolute Gasteiger partial charge is 0.394 e. The van der Waals surface area contributed by atoms with Crippen LogP contribution < -0.4 is 21.7 Å². The molecule has 0 aliphatic carbocycles. The van der Waals surface area contributed by atoms with E-state index in [2.05, 4.69) is 16.0 Å². The molecular formula is C15H27N4O6. The number of aliphatic hydroxyl groups is 2. The van der Waals surface area contributed by atoms with Crippen LogP contribution in [0.5, 0.6) is 0 Å². The van der Waals surface area contributed by atoms with E-state index in [1.165, 1.54) is 13.2 Å². The van der Waals surface area contributed by atoms with E-state index in [0.717, 1.165) is 0 Å². The molecule has 0 bridgehead atoms. The Labute approximate surface area is 146 Å². The quantitative estimate of drug-likeness (QED) is 0.227. The zero-order valence-corrected chi connectivity index (χ0v) is 14.6. The Hall–Kier alpha value is -2.04. The van der Waals surface area contributed by atoms with Gasteiger partial charge in [-0.2, -0.15) is 0 Å². The Kier molecular flexibility index (Phi) is 10.6. The lowest BCUT2D eigenvalue weighted by atomic mass is 9.99. The second-order valence-electron chi connectivity index (χ2n) is 5.78. The monoisotopic (exact) mass is 359 g/mol. The fraction of sp³-hybridized carbons (Fsp3) is 0.733. The average molecular weight is 359 g/mol. The summed E-state index contributed by atoms with van der Waals surface area (Å²) in [6.07, 6.45) is 0.859. The van der Waals surface area contributed by atoms with Gasteiger partial charge in [0.15, 0.2) is 0 Å². The molecule has 0 aromatic rings. The highest BCUT2D eigenvalue weighted by Crippen LogP contribution is 2.06. The molecule has 1 radical (unpaired) electrons. The summed E-state index contributed by atoms with van der Waals surface area (Å²) in [5.74, 6) is -2.22. The minimum absolute atomic E-state index is 0.113. The summed E-state index contributed by atoms with van der Waals surface area (Å²) in [5, 5.41) is 25.2. The van der Waals surface area contributed by atoms with Gasteiger partial charge in [-0.3, -0.25) is 19.2 Å². The van der Waals surface area contributed by atoms with Crippen molar-refractivity contribution in [3.8, 4) is 0 Å². The third kappa shape index (κ3) is 8.05. The predicted molar refractivity (Wildman–Crippen MR) is 88.8 cm³/mol. The molecule has 0 aliphatic rings. The van der Waals surface area contributed by atoms with Gasteiger partial charge in [-0.1, -0.05) is 20.3 Å². The Balaban J connectivity index is 4.67. The molecule has 143 valence electrons. The first-order valence-electron chi connectivity index (χ1n) is 7.97. The number of nitrogens with one attached hydrogen (secondary N) is 3. The van der Waals surface area contributed by atoms with Crippen molar-refractivity contribution in [3.05, 3.63) is 0 Å². The number of aliphatic hydroxyl groups excluding tert-OH is 2. The summed E-state index contributed by atoms with van der Waals surface area (Å²) >= 11 is 0. The lowest BCUT2D eigenvalue weighted by Gasteiger charge is -2.24. The minimum Gasteiger partial charge on any atom is -0.394 e. The molecule has 0 unspecified atom stereocenters. The summed E-state index contributed by atoms with van der Waals surface area (Å²) in [6, 6.07) is -3.32. The molecule has 0 aliphatic heterocycles. The zero-order chi connectivity index (χ0) is 19.6. The highest BCUT2D eigenvalue weighted by molar-refractivity contribution is 5.92. The van der Waals surface area contributed by atoms with E-state index < -0.39 is 55.1 Å². The number of hydrogen-bond donors (Lipinski definition) is 6. The molecule has 5 atom stereocenters. The average Bonchev–Trinajstić information content (AvgIpc) is 2.59. The van der Waals surface area contributed by atoms with Crippen molar-refractivity contribution < 1.29 is 29.4 Å². The van der Waals surface area contributed by atoms with Crippen LogP contribution in [0.3, 0.4) is 0 Å². The second-order valence-corrected chi connectivity index (χ2v) is 5.78. The SMILES string of the molecule is CC[C@H](C)[C@H](N)C(=O)N[C@H](C(=O)NCC(=O)N[C@H]([C]=O)CO)[C@H](C)O. The van der Waals surface area contributed by atoms with Gasteiger partial charge in [0.2, 0.25) is 24.0 Å². The van der Waals surface area contributed by atoms with Gasteiger partial charge in [0.05, 0.1) is 25.3 Å². The number of rotatable bonds is 11. The van der Waals surface area contributed by atoms with E-state index in [1.54, 1.807) is 6.92 Å². The van der Waals surface area contributed by atoms with Crippen LogP contribution >= 0.6 is 0 Å². The van der Waals surface area contributed by atoms with Crippen LogP contribution in [0.4, 0.5) is 0 Å². The Morgan fingerprint density at radius 1 is 1.16 bits per heavy atom. The molecule has 0 rings (SSSR count). The van der Waals surface area contributed by atoms with Gasteiger partial charge < -0.3 is 31.9 Å². The van der Waals surface area contributed by atoms with E-state index in [-0.39, 0.29) is 5.92 Å². The van der Waals surface area contributed by atoms with Crippen LogP contribution in [-0.2, 0) is 19.2 Å². The summed E-state index contributed by atoms with van der Waals surface area (Å²) in [6.45, 7) is 3.83. The van der Waals surface area contributed by atoms with E-state index in [1.807, 2.05) is 6.92 Å². The molecule has 0 fully saturated rings. The number of hydrogen-bond acceptors (Lipinski definition) is 7. The van der Waals surface area contributed by atoms with Crippen molar-refractivity contribution in [2.45, 2.75) is 51.4 Å². The Morgan fingerprint density at radius 3 is 2.20 bits per heavy atom. The van der Waals surface area contributed by atoms with Gasteiger partial charge in [-0.15, -0.1) is 0 Å². The van der Waals surface area contributed by atoms with E-state index in [9.17, 15) is 24.3 Å². The van der Waals surface area contributed by atoms with Crippen LogP contribution in [0.1, 0.15) is 27.2 Å². The molecule has 10 nitrogen and oxygen atoms in total. The number of nitrogens with two attached hydrogens (primary N) is 1. The van der Waals surface area contributed by atoms with Crippen molar-refractivity contribution >= 4 is 24.0 Å². The molecule has 0 heterocycles. The van der Waals surface area contributed by atoms with Gasteiger partial charge in [0.1, 0.15) is 12.1 Å². The highest BCUT2D eigenvalue weighted by Gasteiger charge is 2.29. The van der Waals surface area contributed by atoms with Gasteiger partial charge >= 0.3 is 0 Å². The van der Waals surface area contributed by atoms with Crippen molar-refractivity contribution in [1.29, 1.82) is 0 Å². The second kappa shape index (κ2) is 11.5. The predicted octanol–water partition coefficient (Wildman–Crippen LogP) is -3.07. The summed E-state index contributed by atoms with van der Waals surface area (Å²) < 4.78 is 0. The normalized spacial score (nSPS) is 16.7. The third-order valence-corrected chi connectivity index (χ3v) is 3.71. The van der Waals surface area contributed by atoms with E-state index in [4.69, 9.17) is 10.8 Å². The fourth-order valence-electron chi connectivity index (χ4n) is 1.80. The number of amides is 3. The number of carbonyl (C=O) groups is 3. The maximum Gasteiger partial charge on any atom is 0.245 e. The molecule has 0 aromatic heterocycles. The smallest absolute Gasteiger partial charge is 0.245 e. The molecule has 10 heteroatoms.